The van der Waals surface area contributed by atoms with E-state index in [0.29, 0.717) is 24.3 Å². The number of carbonyl (C=O) groups excluding carboxylic acids is 1. The zero-order valence-corrected chi connectivity index (χ0v) is 15.1. The van der Waals surface area contributed by atoms with Crippen molar-refractivity contribution in [1.82, 2.24) is 15.3 Å². The summed E-state index contributed by atoms with van der Waals surface area (Å²) in [5.41, 5.74) is 7.39. The van der Waals surface area contributed by atoms with Gasteiger partial charge in [0, 0.05) is 43.3 Å². The molecule has 1 unspecified atom stereocenters. The van der Waals surface area contributed by atoms with Crippen LogP contribution >= 0.6 is 0 Å². The summed E-state index contributed by atoms with van der Waals surface area (Å²) in [6, 6.07) is 15.0. The molecule has 0 radical (unpaired) electrons. The van der Waals surface area contributed by atoms with Crippen molar-refractivity contribution in [3.63, 3.8) is 0 Å². The molecule has 6 heteroatoms. The third-order valence-electron chi connectivity index (χ3n) is 4.52. The molecule has 2 aromatic heterocycles. The maximum Gasteiger partial charge on any atom is 0.242 e. The highest BCUT2D eigenvalue weighted by molar-refractivity contribution is 5.87. The van der Waals surface area contributed by atoms with Crippen molar-refractivity contribution >= 4 is 5.91 Å². The average molecular weight is 362 g/mol. The minimum atomic E-state index is -1.15. The van der Waals surface area contributed by atoms with Crippen molar-refractivity contribution in [2.75, 3.05) is 7.11 Å². The first-order valence-corrected chi connectivity index (χ1v) is 8.62. The molecular weight excluding hydrogens is 340 g/mol. The molecule has 3 aromatic rings. The van der Waals surface area contributed by atoms with Gasteiger partial charge in [-0.1, -0.05) is 24.3 Å². The van der Waals surface area contributed by atoms with Crippen molar-refractivity contribution < 1.29 is 9.53 Å². The van der Waals surface area contributed by atoms with Crippen LogP contribution in [0.25, 0.3) is 0 Å². The molecule has 27 heavy (non-hydrogen) atoms. The number of rotatable bonds is 8. The number of nitrogens with one attached hydrogen (secondary N) is 1. The van der Waals surface area contributed by atoms with Gasteiger partial charge in [0.25, 0.3) is 0 Å². The van der Waals surface area contributed by atoms with Crippen LogP contribution in [-0.2, 0) is 23.3 Å². The van der Waals surface area contributed by atoms with Crippen LogP contribution in [-0.4, -0.2) is 23.0 Å². The lowest BCUT2D eigenvalue weighted by molar-refractivity contribution is -0.125. The van der Waals surface area contributed by atoms with Crippen LogP contribution in [0.15, 0.2) is 73.3 Å². The molecule has 0 bridgehead atoms. The van der Waals surface area contributed by atoms with Gasteiger partial charge in [-0.05, 0) is 35.4 Å². The van der Waals surface area contributed by atoms with Crippen molar-refractivity contribution in [1.29, 1.82) is 0 Å². The fourth-order valence-electron chi connectivity index (χ4n) is 3.12. The fraction of sp³-hybridized carbons (Fsp3) is 0.190. The van der Waals surface area contributed by atoms with E-state index in [1.807, 2.05) is 48.5 Å². The Morgan fingerprint density at radius 1 is 1.04 bits per heavy atom. The Labute approximate surface area is 158 Å². The highest BCUT2D eigenvalue weighted by atomic mass is 16.5. The molecule has 1 aromatic carbocycles. The van der Waals surface area contributed by atoms with Gasteiger partial charge in [0.1, 0.15) is 11.3 Å². The fourth-order valence-corrected chi connectivity index (χ4v) is 3.12. The number of carbonyl (C=O) groups is 1. The number of para-hydroxylation sites is 1. The van der Waals surface area contributed by atoms with Crippen LogP contribution < -0.4 is 15.8 Å². The highest BCUT2D eigenvalue weighted by Gasteiger charge is 2.40. The minimum absolute atomic E-state index is 0.367. The van der Waals surface area contributed by atoms with Crippen molar-refractivity contribution in [3.05, 3.63) is 90.0 Å². The molecule has 1 amide bonds. The quantitative estimate of drug-likeness (QED) is 0.641. The molecule has 1 atom stereocenters. The first-order valence-electron chi connectivity index (χ1n) is 8.62. The molecule has 3 rings (SSSR count). The van der Waals surface area contributed by atoms with E-state index >= 15 is 0 Å². The number of methoxy groups -OCH3 is 1. The molecule has 138 valence electrons. The highest BCUT2D eigenvalue weighted by Crippen LogP contribution is 2.33. The van der Waals surface area contributed by atoms with Gasteiger partial charge in [0.2, 0.25) is 5.91 Å². The number of nitrogens with zero attached hydrogens (tertiary/aromatic N) is 2. The Balaban J connectivity index is 2.06. The summed E-state index contributed by atoms with van der Waals surface area (Å²) < 4.78 is 5.52. The molecule has 3 N–H and O–H groups in total. The van der Waals surface area contributed by atoms with Crippen molar-refractivity contribution in [3.8, 4) is 5.75 Å². The molecule has 0 aliphatic rings. The summed E-state index contributed by atoms with van der Waals surface area (Å²) in [4.78, 5) is 21.0. The van der Waals surface area contributed by atoms with E-state index in [9.17, 15) is 4.79 Å². The van der Waals surface area contributed by atoms with E-state index in [0.717, 1.165) is 11.1 Å². The van der Waals surface area contributed by atoms with Crippen molar-refractivity contribution in [2.45, 2.75) is 18.5 Å². The van der Waals surface area contributed by atoms with Gasteiger partial charge in [-0.15, -0.1) is 0 Å². The largest absolute Gasteiger partial charge is 0.496 e. The number of hydrogen-bond donors (Lipinski definition) is 2. The molecule has 0 aliphatic heterocycles. The predicted molar refractivity (Wildman–Crippen MR) is 103 cm³/mol. The molecule has 0 saturated carbocycles. The minimum Gasteiger partial charge on any atom is -0.496 e. The van der Waals surface area contributed by atoms with Gasteiger partial charge in [0.05, 0.1) is 7.11 Å². The third kappa shape index (κ3) is 4.12. The topological polar surface area (TPSA) is 90.1 Å². The van der Waals surface area contributed by atoms with Crippen LogP contribution in [0.4, 0.5) is 0 Å². The number of primary amides is 1. The van der Waals surface area contributed by atoms with Gasteiger partial charge in [-0.2, -0.15) is 0 Å². The SMILES string of the molecule is COc1ccccc1C(Cc1ccncc1)(NCc1cccnc1)C(N)=O. The predicted octanol–water partition coefficient (Wildman–Crippen LogP) is 2.20. The lowest BCUT2D eigenvalue weighted by Crippen LogP contribution is -2.54. The zero-order chi connectivity index (χ0) is 19.1. The molecular formula is C21H22N4O2. The van der Waals surface area contributed by atoms with Gasteiger partial charge < -0.3 is 10.5 Å². The van der Waals surface area contributed by atoms with Crippen molar-refractivity contribution in [2.24, 2.45) is 5.73 Å². The number of aromatic nitrogens is 2. The molecule has 2 heterocycles. The standard InChI is InChI=1S/C21H22N4O2/c1-27-19-7-3-2-6-18(19)21(20(22)26,13-16-8-11-23-12-9-16)25-15-17-5-4-10-24-14-17/h2-12,14,25H,13,15H2,1H3,(H2,22,26). The molecule has 0 aliphatic carbocycles. The Morgan fingerprint density at radius 3 is 2.48 bits per heavy atom. The second kappa shape index (κ2) is 8.42. The number of amides is 1. The summed E-state index contributed by atoms with van der Waals surface area (Å²) in [6.07, 6.45) is 7.23. The second-order valence-corrected chi connectivity index (χ2v) is 6.22. The summed E-state index contributed by atoms with van der Waals surface area (Å²) in [6.45, 7) is 0.430. The van der Waals surface area contributed by atoms with E-state index in [-0.39, 0.29) is 0 Å². The van der Waals surface area contributed by atoms with Crippen LogP contribution in [0, 0.1) is 0 Å². The number of hydrogen-bond acceptors (Lipinski definition) is 5. The van der Waals surface area contributed by atoms with E-state index in [4.69, 9.17) is 10.5 Å². The summed E-state index contributed by atoms with van der Waals surface area (Å²) in [5, 5.41) is 3.37. The molecule has 0 spiro atoms. The summed E-state index contributed by atoms with van der Waals surface area (Å²) >= 11 is 0. The summed E-state index contributed by atoms with van der Waals surface area (Å²) in [5.74, 6) is 0.122. The lowest BCUT2D eigenvalue weighted by Gasteiger charge is -2.34. The molecule has 6 nitrogen and oxygen atoms in total. The Bertz CT molecular complexity index is 887. The Morgan fingerprint density at radius 2 is 1.81 bits per heavy atom. The average Bonchev–Trinajstić information content (AvgIpc) is 2.72. The number of ether oxygens (including phenoxy) is 1. The zero-order valence-electron chi connectivity index (χ0n) is 15.1. The van der Waals surface area contributed by atoms with E-state index in [1.54, 1.807) is 31.9 Å². The van der Waals surface area contributed by atoms with Gasteiger partial charge in [-0.25, -0.2) is 0 Å². The van der Waals surface area contributed by atoms with E-state index in [1.165, 1.54) is 0 Å². The number of nitrogens with two attached hydrogens (primary N) is 1. The number of pyridine rings is 2. The maximum absolute atomic E-state index is 12.8. The van der Waals surface area contributed by atoms with E-state index in [2.05, 4.69) is 15.3 Å². The smallest absolute Gasteiger partial charge is 0.242 e. The first kappa shape index (κ1) is 18.5. The summed E-state index contributed by atoms with van der Waals surface area (Å²) in [7, 11) is 1.58. The maximum atomic E-state index is 12.8. The van der Waals surface area contributed by atoms with Crippen LogP contribution in [0.2, 0.25) is 0 Å². The normalized spacial score (nSPS) is 12.9. The van der Waals surface area contributed by atoms with Gasteiger partial charge in [0.15, 0.2) is 0 Å². The lowest BCUT2D eigenvalue weighted by atomic mass is 9.82. The van der Waals surface area contributed by atoms with Crippen LogP contribution in [0.5, 0.6) is 5.75 Å². The third-order valence-corrected chi connectivity index (χ3v) is 4.52. The molecule has 0 fully saturated rings. The van der Waals surface area contributed by atoms with Gasteiger partial charge >= 0.3 is 0 Å². The second-order valence-electron chi connectivity index (χ2n) is 6.22. The van der Waals surface area contributed by atoms with Crippen LogP contribution in [0.1, 0.15) is 16.7 Å². The Kier molecular flexibility index (Phi) is 5.78. The van der Waals surface area contributed by atoms with E-state index < -0.39 is 11.4 Å². The monoisotopic (exact) mass is 362 g/mol. The molecule has 0 saturated heterocycles. The number of benzene rings is 1. The Hall–Kier alpha value is -3.25. The van der Waals surface area contributed by atoms with Crippen LogP contribution in [0.3, 0.4) is 0 Å². The van der Waals surface area contributed by atoms with Gasteiger partial charge in [-0.3, -0.25) is 20.1 Å². The first-order chi connectivity index (χ1) is 13.2.